The van der Waals surface area contributed by atoms with Crippen LogP contribution in [0.25, 0.3) is 20.9 Å². The fourth-order valence-electron chi connectivity index (χ4n) is 2.43. The number of nitrogens with zero attached hydrogens (tertiary/aromatic N) is 6. The Morgan fingerprint density at radius 3 is 1.09 bits per heavy atom. The smallest absolute Gasteiger partial charge is 0.257 e. The van der Waals surface area contributed by atoms with Gasteiger partial charge in [-0.05, 0) is 11.1 Å². The van der Waals surface area contributed by atoms with Crippen LogP contribution >= 0.6 is 0 Å². The SMILES string of the molecule is [N-]=[N+]=Nc1c(F)c(F)c(C(=O)NCCNC(=O)c2c(F)c(F)c(N=[N+]=[N-])c(F)c2F)c(F)c1F. The van der Waals surface area contributed by atoms with Crippen molar-refractivity contribution in [2.45, 2.75) is 0 Å². The van der Waals surface area contributed by atoms with E-state index >= 15 is 0 Å². The van der Waals surface area contributed by atoms with Crippen LogP contribution in [0.5, 0.6) is 0 Å². The van der Waals surface area contributed by atoms with E-state index in [1.54, 1.807) is 10.6 Å². The van der Waals surface area contributed by atoms with Crippen LogP contribution in [0.2, 0.25) is 0 Å². The summed E-state index contributed by atoms with van der Waals surface area (Å²) in [5.41, 5.74) is 9.47. The van der Waals surface area contributed by atoms with Gasteiger partial charge in [0.05, 0.1) is 0 Å². The highest BCUT2D eigenvalue weighted by Gasteiger charge is 2.30. The predicted molar refractivity (Wildman–Crippen MR) is 94.8 cm³/mol. The van der Waals surface area contributed by atoms with Crippen molar-refractivity contribution in [2.24, 2.45) is 10.2 Å². The van der Waals surface area contributed by atoms with E-state index in [1.165, 1.54) is 0 Å². The summed E-state index contributed by atoms with van der Waals surface area (Å²) in [5, 5.41) is 8.27. The maximum atomic E-state index is 13.9. The lowest BCUT2D eigenvalue weighted by atomic mass is 10.1. The topological polar surface area (TPSA) is 156 Å². The lowest BCUT2D eigenvalue weighted by Crippen LogP contribution is -2.36. The van der Waals surface area contributed by atoms with Crippen molar-refractivity contribution < 1.29 is 44.7 Å². The molecule has 0 saturated carbocycles. The molecule has 34 heavy (non-hydrogen) atoms. The monoisotopic (exact) mass is 494 g/mol. The maximum absolute atomic E-state index is 13.9. The third-order valence-electron chi connectivity index (χ3n) is 3.92. The fraction of sp³-hybridized carbons (Fsp3) is 0.125. The summed E-state index contributed by atoms with van der Waals surface area (Å²) >= 11 is 0. The van der Waals surface area contributed by atoms with Gasteiger partial charge in [0.1, 0.15) is 22.5 Å². The van der Waals surface area contributed by atoms with E-state index in [0.29, 0.717) is 0 Å². The molecule has 0 unspecified atom stereocenters. The molecule has 0 aromatic heterocycles. The van der Waals surface area contributed by atoms with Crippen molar-refractivity contribution in [3.05, 3.63) is 78.6 Å². The average Bonchev–Trinajstić information content (AvgIpc) is 2.80. The van der Waals surface area contributed by atoms with E-state index in [2.05, 4.69) is 10.2 Å². The molecule has 0 aliphatic heterocycles. The van der Waals surface area contributed by atoms with Crippen LogP contribution in [-0.4, -0.2) is 24.9 Å². The first-order chi connectivity index (χ1) is 16.0. The largest absolute Gasteiger partial charge is 0.350 e. The van der Waals surface area contributed by atoms with Crippen molar-refractivity contribution in [1.29, 1.82) is 0 Å². The quantitative estimate of drug-likeness (QED) is 0.141. The summed E-state index contributed by atoms with van der Waals surface area (Å²) in [5.74, 6) is -21.0. The summed E-state index contributed by atoms with van der Waals surface area (Å²) < 4.78 is 110. The van der Waals surface area contributed by atoms with Crippen molar-refractivity contribution >= 4 is 23.2 Å². The molecule has 0 saturated heterocycles. The number of benzene rings is 2. The van der Waals surface area contributed by atoms with Gasteiger partial charge in [0.25, 0.3) is 11.8 Å². The van der Waals surface area contributed by atoms with Crippen LogP contribution in [0.1, 0.15) is 20.7 Å². The molecule has 0 radical (unpaired) electrons. The molecule has 0 aliphatic rings. The number of hydrogen-bond acceptors (Lipinski definition) is 4. The Balaban J connectivity index is 2.16. The summed E-state index contributed by atoms with van der Waals surface area (Å²) in [6.45, 7) is -1.54. The van der Waals surface area contributed by atoms with Crippen LogP contribution in [0, 0.1) is 46.5 Å². The van der Waals surface area contributed by atoms with Gasteiger partial charge in [-0.2, -0.15) is 0 Å². The zero-order valence-electron chi connectivity index (χ0n) is 15.9. The zero-order valence-corrected chi connectivity index (χ0v) is 15.9. The van der Waals surface area contributed by atoms with Crippen LogP contribution in [0.3, 0.4) is 0 Å². The van der Waals surface area contributed by atoms with Gasteiger partial charge in [-0.3, -0.25) is 9.59 Å². The standard InChI is InChI=1S/C16H6F8N8O2/c17-5-3(6(18)10(22)13(9(5)21)29-31-25)15(33)27-1-2-28-16(34)4-7(19)11(23)14(30-32-26)12(24)8(4)20/h1-2H2,(H,27,33)(H,28,34). The lowest BCUT2D eigenvalue weighted by molar-refractivity contribution is 0.0916. The number of hydrogen-bond donors (Lipinski definition) is 2. The number of carbonyl (C=O) groups is 2. The van der Waals surface area contributed by atoms with E-state index < -0.39 is 93.9 Å². The van der Waals surface area contributed by atoms with E-state index in [0.717, 1.165) is 0 Å². The molecular weight excluding hydrogens is 488 g/mol. The average molecular weight is 494 g/mol. The second-order valence-corrected chi connectivity index (χ2v) is 5.85. The minimum Gasteiger partial charge on any atom is -0.350 e. The lowest BCUT2D eigenvalue weighted by Gasteiger charge is -2.12. The number of nitrogens with one attached hydrogen (secondary N) is 2. The Kier molecular flexibility index (Phi) is 7.84. The second-order valence-electron chi connectivity index (χ2n) is 5.85. The molecule has 2 amide bonds. The molecule has 0 aliphatic carbocycles. The molecule has 0 spiro atoms. The van der Waals surface area contributed by atoms with Crippen LogP contribution in [0.4, 0.5) is 46.5 Å². The molecule has 0 bridgehead atoms. The van der Waals surface area contributed by atoms with Crippen molar-refractivity contribution in [1.82, 2.24) is 10.6 Å². The van der Waals surface area contributed by atoms with E-state index in [-0.39, 0.29) is 0 Å². The van der Waals surface area contributed by atoms with Crippen LogP contribution in [0.15, 0.2) is 10.2 Å². The van der Waals surface area contributed by atoms with Gasteiger partial charge in [-0.25, -0.2) is 35.1 Å². The molecule has 10 nitrogen and oxygen atoms in total. The van der Waals surface area contributed by atoms with Crippen LogP contribution < -0.4 is 10.6 Å². The highest BCUT2D eigenvalue weighted by molar-refractivity contribution is 5.96. The Hall–Kier alpha value is -4.56. The molecule has 178 valence electrons. The molecule has 2 aromatic carbocycles. The minimum absolute atomic E-state index is 0.768. The van der Waals surface area contributed by atoms with Gasteiger partial charge < -0.3 is 10.6 Å². The Labute approximate surface area is 181 Å². The third kappa shape index (κ3) is 4.62. The first kappa shape index (κ1) is 25.7. The summed E-state index contributed by atoms with van der Waals surface area (Å²) in [7, 11) is 0. The Morgan fingerprint density at radius 1 is 0.588 bits per heavy atom. The van der Waals surface area contributed by atoms with Gasteiger partial charge in [0, 0.05) is 22.9 Å². The molecule has 2 rings (SSSR count). The molecule has 18 heteroatoms. The minimum atomic E-state index is -2.21. The number of rotatable bonds is 7. The number of azide groups is 2. The number of carbonyl (C=O) groups excluding carboxylic acids is 2. The highest BCUT2D eigenvalue weighted by atomic mass is 19.2. The Morgan fingerprint density at radius 2 is 0.853 bits per heavy atom. The van der Waals surface area contributed by atoms with Crippen LogP contribution in [-0.2, 0) is 0 Å². The van der Waals surface area contributed by atoms with Gasteiger partial charge >= 0.3 is 0 Å². The van der Waals surface area contributed by atoms with Gasteiger partial charge in [0.2, 0.25) is 0 Å². The molecule has 2 N–H and O–H groups in total. The maximum Gasteiger partial charge on any atom is 0.257 e. The molecular formula is C16H6F8N8O2. The van der Waals surface area contributed by atoms with E-state index in [9.17, 15) is 44.7 Å². The van der Waals surface area contributed by atoms with Crippen molar-refractivity contribution in [3.8, 4) is 0 Å². The van der Waals surface area contributed by atoms with E-state index in [4.69, 9.17) is 11.1 Å². The normalized spacial score (nSPS) is 10.2. The fourth-order valence-corrected chi connectivity index (χ4v) is 2.43. The zero-order chi connectivity index (χ0) is 25.7. The number of amides is 2. The predicted octanol–water partition coefficient (Wildman–Crippen LogP) is 4.84. The van der Waals surface area contributed by atoms with Crippen molar-refractivity contribution in [2.75, 3.05) is 13.1 Å². The first-order valence-corrected chi connectivity index (χ1v) is 8.37. The second kappa shape index (κ2) is 10.4. The molecule has 2 aromatic rings. The first-order valence-electron chi connectivity index (χ1n) is 8.37. The Bertz CT molecular complexity index is 1150. The summed E-state index contributed by atoms with van der Waals surface area (Å²) in [4.78, 5) is 27.7. The van der Waals surface area contributed by atoms with E-state index in [1.807, 2.05) is 9.82 Å². The van der Waals surface area contributed by atoms with Gasteiger partial charge in [-0.15, -0.1) is 0 Å². The third-order valence-corrected chi connectivity index (χ3v) is 3.92. The summed E-state index contributed by atoms with van der Waals surface area (Å²) in [6.07, 6.45) is 0. The van der Waals surface area contributed by atoms with Gasteiger partial charge in [-0.1, -0.05) is 10.2 Å². The molecule has 0 fully saturated rings. The highest BCUT2D eigenvalue weighted by Crippen LogP contribution is 2.31. The van der Waals surface area contributed by atoms with Gasteiger partial charge in [0.15, 0.2) is 46.5 Å². The molecule has 0 heterocycles. The summed E-state index contributed by atoms with van der Waals surface area (Å²) in [6, 6.07) is 0. The molecule has 0 atom stereocenters. The van der Waals surface area contributed by atoms with Crippen molar-refractivity contribution in [3.63, 3.8) is 0 Å². The number of halogens is 8.